The average molecular weight is 250 g/mol. The van der Waals surface area contributed by atoms with Crippen molar-refractivity contribution in [2.75, 3.05) is 22.1 Å². The van der Waals surface area contributed by atoms with E-state index in [2.05, 4.69) is 4.72 Å². The van der Waals surface area contributed by atoms with E-state index < -0.39 is 10.2 Å². The number of anilines is 2. The summed E-state index contributed by atoms with van der Waals surface area (Å²) in [7, 11) is -3.41. The monoisotopic (exact) mass is 249 g/mol. The maximum Gasteiger partial charge on any atom is 0.324 e. The van der Waals surface area contributed by atoms with Gasteiger partial charge in [-0.05, 0) is 12.1 Å². The van der Waals surface area contributed by atoms with Crippen molar-refractivity contribution in [2.45, 2.75) is 0 Å². The van der Waals surface area contributed by atoms with Crippen molar-refractivity contribution in [2.24, 2.45) is 5.73 Å². The van der Waals surface area contributed by atoms with E-state index in [1.165, 1.54) is 4.31 Å². The van der Waals surface area contributed by atoms with E-state index in [4.69, 9.17) is 5.73 Å². The summed E-state index contributed by atoms with van der Waals surface area (Å²) in [5.41, 5.74) is 6.63. The summed E-state index contributed by atoms with van der Waals surface area (Å²) in [5, 5.41) is 0. The molecular formula is C8H12ClN3O2S. The third-order valence-electron chi connectivity index (χ3n) is 2.03. The van der Waals surface area contributed by atoms with Gasteiger partial charge in [-0.3, -0.25) is 9.03 Å². The minimum absolute atomic E-state index is 0. The van der Waals surface area contributed by atoms with Gasteiger partial charge in [-0.25, -0.2) is 0 Å². The molecule has 1 aliphatic heterocycles. The molecule has 7 heteroatoms. The van der Waals surface area contributed by atoms with Crippen molar-refractivity contribution in [1.82, 2.24) is 0 Å². The van der Waals surface area contributed by atoms with Crippen LogP contribution in [0.5, 0.6) is 0 Å². The van der Waals surface area contributed by atoms with Crippen LogP contribution in [0.15, 0.2) is 24.3 Å². The van der Waals surface area contributed by atoms with Gasteiger partial charge in [0.15, 0.2) is 0 Å². The zero-order valence-electron chi connectivity index (χ0n) is 7.88. The predicted octanol–water partition coefficient (Wildman–Crippen LogP) is 0.544. The Morgan fingerprint density at radius 3 is 2.67 bits per heavy atom. The lowest BCUT2D eigenvalue weighted by Crippen LogP contribution is -2.34. The SMILES string of the molecule is Cl.NCCN1c2ccccc2NS1(=O)=O. The van der Waals surface area contributed by atoms with E-state index >= 15 is 0 Å². The molecule has 0 radical (unpaired) electrons. The Balaban J connectivity index is 0.00000112. The van der Waals surface area contributed by atoms with Crippen LogP contribution in [-0.2, 0) is 10.2 Å². The van der Waals surface area contributed by atoms with Gasteiger partial charge < -0.3 is 5.73 Å². The fourth-order valence-corrected chi connectivity index (χ4v) is 2.78. The molecule has 0 saturated carbocycles. The Bertz CT molecular complexity index is 449. The van der Waals surface area contributed by atoms with E-state index in [-0.39, 0.29) is 12.4 Å². The van der Waals surface area contributed by atoms with Crippen LogP contribution in [0.1, 0.15) is 0 Å². The van der Waals surface area contributed by atoms with Crippen LogP contribution in [0.4, 0.5) is 11.4 Å². The van der Waals surface area contributed by atoms with Crippen LogP contribution in [-0.4, -0.2) is 21.5 Å². The van der Waals surface area contributed by atoms with Crippen molar-refractivity contribution >= 4 is 34.0 Å². The number of rotatable bonds is 2. The molecule has 1 heterocycles. The highest BCUT2D eigenvalue weighted by Crippen LogP contribution is 2.34. The highest BCUT2D eigenvalue weighted by atomic mass is 35.5. The predicted molar refractivity (Wildman–Crippen MR) is 62.6 cm³/mol. The molecule has 1 aromatic carbocycles. The molecule has 0 saturated heterocycles. The molecule has 3 N–H and O–H groups in total. The molecule has 0 atom stereocenters. The van der Waals surface area contributed by atoms with Gasteiger partial charge in [0, 0.05) is 13.1 Å². The molecule has 0 aromatic heterocycles. The molecule has 1 aromatic rings. The molecule has 0 unspecified atom stereocenters. The number of fused-ring (bicyclic) bond motifs is 1. The number of nitrogens with two attached hydrogens (primary N) is 1. The second-order valence-electron chi connectivity index (χ2n) is 2.99. The Labute approximate surface area is 94.9 Å². The van der Waals surface area contributed by atoms with Crippen LogP contribution >= 0.6 is 12.4 Å². The number of para-hydroxylation sites is 2. The first-order valence-corrected chi connectivity index (χ1v) is 5.69. The fourth-order valence-electron chi connectivity index (χ4n) is 1.46. The largest absolute Gasteiger partial charge is 0.329 e. The summed E-state index contributed by atoms with van der Waals surface area (Å²) in [6.45, 7) is 0.599. The minimum atomic E-state index is -3.41. The highest BCUT2D eigenvalue weighted by molar-refractivity contribution is 7.94. The van der Waals surface area contributed by atoms with Gasteiger partial charge in [0.2, 0.25) is 0 Å². The van der Waals surface area contributed by atoms with E-state index in [9.17, 15) is 8.42 Å². The number of halogens is 1. The lowest BCUT2D eigenvalue weighted by atomic mass is 10.3. The highest BCUT2D eigenvalue weighted by Gasteiger charge is 2.31. The lowest BCUT2D eigenvalue weighted by Gasteiger charge is -2.14. The zero-order valence-corrected chi connectivity index (χ0v) is 9.51. The Hall–Kier alpha value is -0.980. The van der Waals surface area contributed by atoms with Gasteiger partial charge in [0.05, 0.1) is 11.4 Å². The van der Waals surface area contributed by atoms with Gasteiger partial charge in [0.25, 0.3) is 0 Å². The van der Waals surface area contributed by atoms with Crippen LogP contribution in [0.3, 0.4) is 0 Å². The van der Waals surface area contributed by atoms with E-state index in [1.807, 2.05) is 0 Å². The summed E-state index contributed by atoms with van der Waals surface area (Å²) in [6.07, 6.45) is 0. The van der Waals surface area contributed by atoms with Crippen LogP contribution in [0, 0.1) is 0 Å². The first kappa shape index (κ1) is 12.1. The molecule has 0 bridgehead atoms. The van der Waals surface area contributed by atoms with Gasteiger partial charge in [-0.1, -0.05) is 12.1 Å². The number of nitrogens with zero attached hydrogens (tertiary/aromatic N) is 1. The molecule has 0 amide bonds. The van der Waals surface area contributed by atoms with Crippen LogP contribution in [0.2, 0.25) is 0 Å². The molecule has 0 aliphatic carbocycles. The molecule has 5 nitrogen and oxygen atoms in total. The van der Waals surface area contributed by atoms with Crippen molar-refractivity contribution in [3.63, 3.8) is 0 Å². The Morgan fingerprint density at radius 1 is 1.33 bits per heavy atom. The van der Waals surface area contributed by atoms with Crippen LogP contribution in [0.25, 0.3) is 0 Å². The van der Waals surface area contributed by atoms with Crippen molar-refractivity contribution in [3.8, 4) is 0 Å². The topological polar surface area (TPSA) is 75.4 Å². The van der Waals surface area contributed by atoms with Gasteiger partial charge in [-0.2, -0.15) is 8.42 Å². The van der Waals surface area contributed by atoms with E-state index in [0.717, 1.165) is 0 Å². The first-order valence-electron chi connectivity index (χ1n) is 4.25. The average Bonchev–Trinajstić information content (AvgIpc) is 2.39. The fraction of sp³-hybridized carbons (Fsp3) is 0.250. The lowest BCUT2D eigenvalue weighted by molar-refractivity contribution is 0.598. The molecule has 15 heavy (non-hydrogen) atoms. The maximum atomic E-state index is 11.6. The summed E-state index contributed by atoms with van der Waals surface area (Å²) in [4.78, 5) is 0. The van der Waals surface area contributed by atoms with E-state index in [0.29, 0.717) is 24.5 Å². The standard InChI is InChI=1S/C8H11N3O2S.ClH/c9-5-6-11-8-4-2-1-3-7(8)10-14(11,12)13;/h1-4,10H,5-6,9H2;1H. The molecule has 2 rings (SSSR count). The molecule has 1 aliphatic rings. The summed E-state index contributed by atoms with van der Waals surface area (Å²) in [5.74, 6) is 0. The second-order valence-corrected chi connectivity index (χ2v) is 4.58. The number of hydrogen-bond acceptors (Lipinski definition) is 3. The zero-order chi connectivity index (χ0) is 10.2. The van der Waals surface area contributed by atoms with Crippen molar-refractivity contribution in [1.29, 1.82) is 0 Å². The maximum absolute atomic E-state index is 11.6. The molecular weight excluding hydrogens is 238 g/mol. The van der Waals surface area contributed by atoms with Gasteiger partial charge in [-0.15, -0.1) is 12.4 Å². The van der Waals surface area contributed by atoms with Crippen molar-refractivity contribution < 1.29 is 8.42 Å². The number of nitrogens with one attached hydrogen (secondary N) is 1. The van der Waals surface area contributed by atoms with E-state index in [1.54, 1.807) is 24.3 Å². The third kappa shape index (κ3) is 2.01. The van der Waals surface area contributed by atoms with Crippen LogP contribution < -0.4 is 14.8 Å². The first-order chi connectivity index (χ1) is 6.65. The molecule has 0 spiro atoms. The number of benzene rings is 1. The summed E-state index contributed by atoms with van der Waals surface area (Å²) < 4.78 is 26.9. The minimum Gasteiger partial charge on any atom is -0.329 e. The normalized spacial score (nSPS) is 16.5. The van der Waals surface area contributed by atoms with Crippen molar-refractivity contribution in [3.05, 3.63) is 24.3 Å². The smallest absolute Gasteiger partial charge is 0.324 e. The Kier molecular flexibility index (Phi) is 3.43. The second kappa shape index (κ2) is 4.26. The van der Waals surface area contributed by atoms with Gasteiger partial charge in [0.1, 0.15) is 0 Å². The number of hydrogen-bond donors (Lipinski definition) is 2. The molecule has 0 fully saturated rings. The van der Waals surface area contributed by atoms with Gasteiger partial charge >= 0.3 is 10.2 Å². The Morgan fingerprint density at radius 2 is 2.00 bits per heavy atom. The quantitative estimate of drug-likeness (QED) is 0.804. The third-order valence-corrected chi connectivity index (χ3v) is 3.47. The summed E-state index contributed by atoms with van der Waals surface area (Å²) in [6, 6.07) is 7.06. The molecule has 84 valence electrons. The summed E-state index contributed by atoms with van der Waals surface area (Å²) >= 11 is 0.